The number of halogens is 3. The van der Waals surface area contributed by atoms with Crippen LogP contribution in [0.1, 0.15) is 24.2 Å². The Morgan fingerprint density at radius 2 is 2.00 bits per heavy atom. The zero-order valence-electron chi connectivity index (χ0n) is 9.81. The number of alkyl halides is 3. The molecule has 0 fully saturated rings. The first kappa shape index (κ1) is 13.4. The second kappa shape index (κ2) is 4.56. The molecule has 0 spiro atoms. The Bertz CT molecular complexity index is 539. The summed E-state index contributed by atoms with van der Waals surface area (Å²) < 4.78 is 43.8. The summed E-state index contributed by atoms with van der Waals surface area (Å²) in [6.07, 6.45) is -5.82. The molecule has 0 bridgehead atoms. The topological polar surface area (TPSA) is 58.9 Å². The van der Waals surface area contributed by atoms with Crippen LogP contribution in [0.2, 0.25) is 0 Å². The fourth-order valence-electron chi connectivity index (χ4n) is 1.96. The molecule has 1 heterocycles. The maximum absolute atomic E-state index is 12.9. The predicted molar refractivity (Wildman–Crippen MR) is 59.8 cm³/mol. The maximum Gasteiger partial charge on any atom is 0.416 e. The van der Waals surface area contributed by atoms with Gasteiger partial charge in [0, 0.05) is 12.5 Å². The van der Waals surface area contributed by atoms with Crippen LogP contribution >= 0.6 is 0 Å². The SMILES string of the molecule is CC1=NC(C(=O)O)C(c2ccccc2C(F)(F)F)O1. The van der Waals surface area contributed by atoms with Gasteiger partial charge in [0.15, 0.2) is 18.0 Å². The van der Waals surface area contributed by atoms with Crippen LogP contribution in [0.4, 0.5) is 13.2 Å². The lowest BCUT2D eigenvalue weighted by molar-refractivity contribution is -0.143. The molecule has 1 aliphatic rings. The summed E-state index contributed by atoms with van der Waals surface area (Å²) in [4.78, 5) is 14.7. The van der Waals surface area contributed by atoms with Crippen molar-refractivity contribution in [2.24, 2.45) is 4.99 Å². The molecule has 2 unspecified atom stereocenters. The monoisotopic (exact) mass is 273 g/mol. The normalized spacial score (nSPS) is 22.8. The Kier molecular flexibility index (Phi) is 3.21. The fourth-order valence-corrected chi connectivity index (χ4v) is 1.96. The number of carbonyl (C=O) groups is 1. The molecule has 7 heteroatoms. The molecule has 1 aliphatic heterocycles. The van der Waals surface area contributed by atoms with E-state index in [1.165, 1.54) is 25.1 Å². The molecular formula is C12H10F3NO3. The van der Waals surface area contributed by atoms with Crippen molar-refractivity contribution >= 4 is 11.9 Å². The summed E-state index contributed by atoms with van der Waals surface area (Å²) in [5.41, 5.74) is -1.13. The Balaban J connectivity index is 2.46. The van der Waals surface area contributed by atoms with E-state index in [2.05, 4.69) is 4.99 Å². The number of hydrogen-bond acceptors (Lipinski definition) is 3. The lowest BCUT2D eigenvalue weighted by atomic mass is 9.97. The summed E-state index contributed by atoms with van der Waals surface area (Å²) in [5, 5.41) is 8.99. The van der Waals surface area contributed by atoms with Gasteiger partial charge in [-0.15, -0.1) is 0 Å². The van der Waals surface area contributed by atoms with Gasteiger partial charge in [-0.1, -0.05) is 18.2 Å². The number of rotatable bonds is 2. The van der Waals surface area contributed by atoms with Gasteiger partial charge in [-0.05, 0) is 6.07 Å². The second-order valence-electron chi connectivity index (χ2n) is 4.05. The van der Waals surface area contributed by atoms with E-state index in [1.807, 2.05) is 0 Å². The average Bonchev–Trinajstić information content (AvgIpc) is 2.70. The van der Waals surface area contributed by atoms with Gasteiger partial charge < -0.3 is 9.84 Å². The number of benzene rings is 1. The van der Waals surface area contributed by atoms with Crippen molar-refractivity contribution in [2.75, 3.05) is 0 Å². The Morgan fingerprint density at radius 3 is 2.58 bits per heavy atom. The molecule has 1 N–H and O–H groups in total. The average molecular weight is 273 g/mol. The molecule has 4 nitrogen and oxygen atoms in total. The number of ether oxygens (including phenoxy) is 1. The van der Waals surface area contributed by atoms with Crippen molar-refractivity contribution in [2.45, 2.75) is 25.2 Å². The van der Waals surface area contributed by atoms with Crippen LogP contribution in [-0.4, -0.2) is 23.0 Å². The van der Waals surface area contributed by atoms with Gasteiger partial charge in [-0.2, -0.15) is 13.2 Å². The number of nitrogens with zero attached hydrogens (tertiary/aromatic N) is 1. The highest BCUT2D eigenvalue weighted by Crippen LogP contribution is 2.39. The summed E-state index contributed by atoms with van der Waals surface area (Å²) in [7, 11) is 0. The van der Waals surface area contributed by atoms with Crippen LogP contribution in [0.25, 0.3) is 0 Å². The number of hydrogen-bond donors (Lipinski definition) is 1. The molecule has 0 saturated heterocycles. The number of carboxylic acids is 1. The molecule has 2 atom stereocenters. The Morgan fingerprint density at radius 1 is 1.37 bits per heavy atom. The first-order valence-corrected chi connectivity index (χ1v) is 5.40. The third kappa shape index (κ3) is 2.54. The largest absolute Gasteiger partial charge is 0.480 e. The lowest BCUT2D eigenvalue weighted by Crippen LogP contribution is -2.25. The lowest BCUT2D eigenvalue weighted by Gasteiger charge is -2.19. The first-order chi connectivity index (χ1) is 8.80. The first-order valence-electron chi connectivity index (χ1n) is 5.40. The minimum Gasteiger partial charge on any atom is -0.480 e. The van der Waals surface area contributed by atoms with Crippen LogP contribution in [-0.2, 0) is 15.7 Å². The standard InChI is InChI=1S/C12H10F3NO3/c1-6-16-9(11(17)18)10(19-6)7-4-2-3-5-8(7)12(13,14)15/h2-5,9-10H,1H3,(H,17,18). The van der Waals surface area contributed by atoms with Crippen molar-refractivity contribution in [1.29, 1.82) is 0 Å². The molecule has 0 saturated carbocycles. The van der Waals surface area contributed by atoms with Crippen LogP contribution in [0, 0.1) is 0 Å². The third-order valence-electron chi connectivity index (χ3n) is 2.73. The molecule has 19 heavy (non-hydrogen) atoms. The molecule has 1 aromatic rings. The molecular weight excluding hydrogens is 263 g/mol. The predicted octanol–water partition coefficient (Wildman–Crippen LogP) is 2.65. The van der Waals surface area contributed by atoms with Gasteiger partial charge >= 0.3 is 12.1 Å². The van der Waals surface area contributed by atoms with Gasteiger partial charge in [-0.3, -0.25) is 0 Å². The number of carboxylic acid groups (broad SMARTS) is 1. The minimum absolute atomic E-state index is 0.0642. The highest BCUT2D eigenvalue weighted by Gasteiger charge is 2.42. The van der Waals surface area contributed by atoms with Crippen molar-refractivity contribution in [3.63, 3.8) is 0 Å². The van der Waals surface area contributed by atoms with Crippen molar-refractivity contribution in [1.82, 2.24) is 0 Å². The molecule has 0 radical (unpaired) electrons. The van der Waals surface area contributed by atoms with E-state index < -0.39 is 29.9 Å². The van der Waals surface area contributed by atoms with E-state index in [1.54, 1.807) is 0 Å². The van der Waals surface area contributed by atoms with Crippen LogP contribution in [0.15, 0.2) is 29.3 Å². The van der Waals surface area contributed by atoms with Crippen molar-refractivity contribution < 1.29 is 27.8 Å². The van der Waals surface area contributed by atoms with E-state index in [4.69, 9.17) is 9.84 Å². The summed E-state index contributed by atoms with van der Waals surface area (Å²) >= 11 is 0. The van der Waals surface area contributed by atoms with Crippen molar-refractivity contribution in [3.05, 3.63) is 35.4 Å². The van der Waals surface area contributed by atoms with Crippen LogP contribution in [0.3, 0.4) is 0 Å². The molecule has 102 valence electrons. The van der Waals surface area contributed by atoms with Gasteiger partial charge in [0.25, 0.3) is 0 Å². The number of aliphatic imine (C=N–C) groups is 1. The molecule has 0 aromatic heterocycles. The summed E-state index contributed by atoms with van der Waals surface area (Å²) in [6, 6.07) is 3.39. The Hall–Kier alpha value is -2.05. The summed E-state index contributed by atoms with van der Waals surface area (Å²) in [5.74, 6) is -1.26. The quantitative estimate of drug-likeness (QED) is 0.901. The molecule has 0 amide bonds. The van der Waals surface area contributed by atoms with Crippen molar-refractivity contribution in [3.8, 4) is 0 Å². The maximum atomic E-state index is 12.9. The summed E-state index contributed by atoms with van der Waals surface area (Å²) in [6.45, 7) is 1.41. The number of aliphatic carboxylic acids is 1. The van der Waals surface area contributed by atoms with Gasteiger partial charge in [0.05, 0.1) is 5.56 Å². The van der Waals surface area contributed by atoms with E-state index in [0.717, 1.165) is 6.07 Å². The zero-order chi connectivity index (χ0) is 14.2. The fraction of sp³-hybridized carbons (Fsp3) is 0.333. The van der Waals surface area contributed by atoms with Crippen LogP contribution in [0.5, 0.6) is 0 Å². The van der Waals surface area contributed by atoms with Gasteiger partial charge in [-0.25, -0.2) is 9.79 Å². The second-order valence-corrected chi connectivity index (χ2v) is 4.05. The van der Waals surface area contributed by atoms with E-state index in [0.29, 0.717) is 0 Å². The van der Waals surface area contributed by atoms with Gasteiger partial charge in [0.2, 0.25) is 0 Å². The minimum atomic E-state index is -4.57. The zero-order valence-corrected chi connectivity index (χ0v) is 9.81. The molecule has 1 aromatic carbocycles. The van der Waals surface area contributed by atoms with E-state index in [-0.39, 0.29) is 11.5 Å². The van der Waals surface area contributed by atoms with E-state index >= 15 is 0 Å². The smallest absolute Gasteiger partial charge is 0.416 e. The van der Waals surface area contributed by atoms with Gasteiger partial charge in [0.1, 0.15) is 0 Å². The Labute approximate surface area is 106 Å². The highest BCUT2D eigenvalue weighted by molar-refractivity contribution is 5.84. The third-order valence-corrected chi connectivity index (χ3v) is 2.73. The van der Waals surface area contributed by atoms with E-state index in [9.17, 15) is 18.0 Å². The van der Waals surface area contributed by atoms with Crippen LogP contribution < -0.4 is 0 Å². The molecule has 2 rings (SSSR count). The highest BCUT2D eigenvalue weighted by atomic mass is 19.4. The molecule has 0 aliphatic carbocycles.